The fraction of sp³-hybridized carbons (Fsp3) is 0.125. The lowest BCUT2D eigenvalue weighted by Gasteiger charge is -2.05. The topological polar surface area (TPSA) is 62.6 Å². The lowest BCUT2D eigenvalue weighted by molar-refractivity contribution is -0.188. The van der Waals surface area contributed by atoms with Crippen molar-refractivity contribution < 1.29 is 18.9 Å². The zero-order chi connectivity index (χ0) is 16.9. The molecule has 8 heteroatoms. The average molecular weight is 456 g/mol. The number of carbonyl (C=O) groups excluding carboxylic acids is 1. The first-order chi connectivity index (χ1) is 11.7. The van der Waals surface area contributed by atoms with Gasteiger partial charge in [-0.05, 0) is 47.7 Å². The van der Waals surface area contributed by atoms with Gasteiger partial charge in [-0.15, -0.1) is 4.73 Å². The Labute approximate surface area is 156 Å². The van der Waals surface area contributed by atoms with Crippen LogP contribution in [-0.4, -0.2) is 22.3 Å². The van der Waals surface area contributed by atoms with Gasteiger partial charge in [0.25, 0.3) is 0 Å². The molecule has 1 aromatic carbocycles. The molecule has 0 saturated carbocycles. The minimum atomic E-state index is -0.396. The summed E-state index contributed by atoms with van der Waals surface area (Å²) in [4.78, 5) is 22.3. The Kier molecular flexibility index (Phi) is 5.59. The molecule has 3 aromatic rings. The number of rotatable bonds is 6. The molecular weight excluding hydrogens is 443 g/mol. The Balaban J connectivity index is 1.76. The van der Waals surface area contributed by atoms with Gasteiger partial charge in [0.05, 0.1) is 30.4 Å². The average Bonchev–Trinajstić information content (AvgIpc) is 2.92. The lowest BCUT2D eigenvalue weighted by Crippen LogP contribution is -2.09. The summed E-state index contributed by atoms with van der Waals surface area (Å²) in [7, 11) is 0. The molecule has 2 aromatic heterocycles. The largest absolute Gasteiger partial charge is 0.462 e. The van der Waals surface area contributed by atoms with Gasteiger partial charge in [-0.3, -0.25) is 0 Å². The number of benzene rings is 1. The number of hydrogen-bond acceptors (Lipinski definition) is 6. The highest BCUT2D eigenvalue weighted by Crippen LogP contribution is 2.23. The minimum Gasteiger partial charge on any atom is -0.462 e. The summed E-state index contributed by atoms with van der Waals surface area (Å²) in [6.07, 6.45) is 3.19. The van der Waals surface area contributed by atoms with Crippen LogP contribution in [0.3, 0.4) is 0 Å². The molecule has 0 aliphatic carbocycles. The van der Waals surface area contributed by atoms with Gasteiger partial charge in [0.15, 0.2) is 5.65 Å². The van der Waals surface area contributed by atoms with Crippen molar-refractivity contribution in [1.82, 2.24) is 9.71 Å². The second-order valence-electron chi connectivity index (χ2n) is 4.66. The number of ether oxygens (including phenoxy) is 1. The van der Waals surface area contributed by atoms with Crippen molar-refractivity contribution in [1.29, 1.82) is 0 Å². The van der Waals surface area contributed by atoms with Gasteiger partial charge < -0.3 is 4.74 Å². The quantitative estimate of drug-likeness (QED) is 0.185. The number of hydrogen-bond donors (Lipinski definition) is 0. The summed E-state index contributed by atoms with van der Waals surface area (Å²) in [6.45, 7) is 2.09. The van der Waals surface area contributed by atoms with Crippen LogP contribution in [0.5, 0.6) is 0 Å². The number of halogens is 1. The van der Waals surface area contributed by atoms with E-state index >= 15 is 0 Å². The molecule has 0 atom stereocenters. The van der Waals surface area contributed by atoms with E-state index in [0.717, 1.165) is 25.9 Å². The molecule has 3 rings (SSSR count). The number of fused-ring (bicyclic) bond motifs is 1. The van der Waals surface area contributed by atoms with Crippen LogP contribution in [-0.2, 0) is 9.07 Å². The SMILES string of the molecule is CCOC(=O)c1cnc2c(c1)c(I)cn2OOSc1ccccc1. The van der Waals surface area contributed by atoms with Crippen molar-refractivity contribution in [2.75, 3.05) is 6.61 Å². The van der Waals surface area contributed by atoms with Crippen LogP contribution in [0.2, 0.25) is 0 Å². The van der Waals surface area contributed by atoms with Crippen LogP contribution in [0.4, 0.5) is 0 Å². The van der Waals surface area contributed by atoms with Gasteiger partial charge in [0, 0.05) is 20.0 Å². The van der Waals surface area contributed by atoms with E-state index < -0.39 is 5.97 Å². The third-order valence-corrected chi connectivity index (χ3v) is 4.51. The van der Waals surface area contributed by atoms with Crippen LogP contribution in [0.15, 0.2) is 53.7 Å². The number of carbonyl (C=O) groups is 1. The van der Waals surface area contributed by atoms with E-state index in [-0.39, 0.29) is 0 Å². The first kappa shape index (κ1) is 17.1. The number of pyridine rings is 1. The van der Waals surface area contributed by atoms with Gasteiger partial charge in [-0.1, -0.05) is 22.5 Å². The fourth-order valence-corrected chi connectivity index (χ4v) is 3.08. The Bertz CT molecular complexity index is 854. The third kappa shape index (κ3) is 3.82. The maximum atomic E-state index is 11.8. The van der Waals surface area contributed by atoms with Crippen LogP contribution in [0.1, 0.15) is 17.3 Å². The Morgan fingerprint density at radius 2 is 2.12 bits per heavy atom. The summed E-state index contributed by atoms with van der Waals surface area (Å²) in [6, 6.07) is 11.3. The molecule has 0 radical (unpaired) electrons. The number of nitrogens with zero attached hydrogens (tertiary/aromatic N) is 2. The second-order valence-corrected chi connectivity index (χ2v) is 6.59. The highest BCUT2D eigenvalue weighted by Gasteiger charge is 2.14. The zero-order valence-electron chi connectivity index (χ0n) is 12.6. The normalized spacial score (nSPS) is 10.8. The predicted octanol–water partition coefficient (Wildman–Crippen LogP) is 3.89. The Morgan fingerprint density at radius 1 is 1.33 bits per heavy atom. The van der Waals surface area contributed by atoms with Crippen molar-refractivity contribution >= 4 is 51.6 Å². The van der Waals surface area contributed by atoms with Gasteiger partial charge in [0.2, 0.25) is 0 Å². The maximum absolute atomic E-state index is 11.8. The summed E-state index contributed by atoms with van der Waals surface area (Å²) in [5.41, 5.74) is 0.959. The molecule has 0 aliphatic rings. The van der Waals surface area contributed by atoms with Crippen LogP contribution >= 0.6 is 34.6 Å². The van der Waals surface area contributed by atoms with E-state index in [4.69, 9.17) is 14.1 Å². The van der Waals surface area contributed by atoms with Crippen LogP contribution < -0.4 is 4.99 Å². The molecular formula is C16H13IN2O4S. The van der Waals surface area contributed by atoms with Crippen molar-refractivity contribution in [2.24, 2.45) is 0 Å². The first-order valence-corrected chi connectivity index (χ1v) is 8.91. The summed E-state index contributed by atoms with van der Waals surface area (Å²) < 4.78 is 12.5. The molecule has 0 fully saturated rings. The standard InChI is InChI=1S/C16H13IN2O4S/c1-2-21-16(20)11-8-13-14(17)10-19(15(13)18-9-11)22-23-24-12-6-4-3-5-7-12/h3-10H,2H2,1H3. The molecule has 0 spiro atoms. The van der Waals surface area contributed by atoms with Crippen molar-refractivity contribution in [2.45, 2.75) is 11.8 Å². The number of aromatic nitrogens is 2. The van der Waals surface area contributed by atoms with E-state index in [9.17, 15) is 4.79 Å². The van der Waals surface area contributed by atoms with E-state index in [2.05, 4.69) is 27.6 Å². The van der Waals surface area contributed by atoms with E-state index in [1.807, 2.05) is 30.3 Å². The molecule has 0 unspecified atom stereocenters. The zero-order valence-corrected chi connectivity index (χ0v) is 15.6. The summed E-state index contributed by atoms with van der Waals surface area (Å²) >= 11 is 3.25. The minimum absolute atomic E-state index is 0.322. The van der Waals surface area contributed by atoms with E-state index in [0.29, 0.717) is 17.8 Å². The molecule has 0 aliphatic heterocycles. The van der Waals surface area contributed by atoms with Gasteiger partial charge in [0.1, 0.15) is 0 Å². The lowest BCUT2D eigenvalue weighted by atomic mass is 10.2. The molecule has 6 nitrogen and oxygen atoms in total. The van der Waals surface area contributed by atoms with Crippen LogP contribution in [0, 0.1) is 3.57 Å². The molecule has 24 heavy (non-hydrogen) atoms. The Hall–Kier alpha value is -1.78. The van der Waals surface area contributed by atoms with Crippen molar-refractivity contribution in [3.05, 3.63) is 57.9 Å². The summed E-state index contributed by atoms with van der Waals surface area (Å²) in [5, 5.41) is 0.787. The molecule has 0 N–H and O–H groups in total. The van der Waals surface area contributed by atoms with Crippen molar-refractivity contribution in [3.63, 3.8) is 0 Å². The van der Waals surface area contributed by atoms with Gasteiger partial charge in [-0.2, -0.15) is 0 Å². The number of esters is 1. The molecule has 0 saturated heterocycles. The summed E-state index contributed by atoms with van der Waals surface area (Å²) in [5.74, 6) is -0.396. The predicted molar refractivity (Wildman–Crippen MR) is 98.4 cm³/mol. The second kappa shape index (κ2) is 7.86. The smallest absolute Gasteiger partial charge is 0.339 e. The fourth-order valence-electron chi connectivity index (χ4n) is 1.99. The third-order valence-electron chi connectivity index (χ3n) is 3.06. The molecule has 2 heterocycles. The Morgan fingerprint density at radius 3 is 2.88 bits per heavy atom. The van der Waals surface area contributed by atoms with E-state index in [1.54, 1.807) is 19.2 Å². The maximum Gasteiger partial charge on any atom is 0.339 e. The van der Waals surface area contributed by atoms with Gasteiger partial charge >= 0.3 is 5.97 Å². The monoisotopic (exact) mass is 456 g/mol. The van der Waals surface area contributed by atoms with Gasteiger partial charge in [-0.25, -0.2) is 14.8 Å². The van der Waals surface area contributed by atoms with Crippen molar-refractivity contribution in [3.8, 4) is 0 Å². The first-order valence-electron chi connectivity index (χ1n) is 7.09. The van der Waals surface area contributed by atoms with E-state index in [1.165, 1.54) is 10.9 Å². The molecule has 124 valence electrons. The van der Waals surface area contributed by atoms with Crippen LogP contribution in [0.25, 0.3) is 11.0 Å². The highest BCUT2D eigenvalue weighted by molar-refractivity contribution is 14.1. The molecule has 0 amide bonds. The highest BCUT2D eigenvalue weighted by atomic mass is 127. The molecule has 0 bridgehead atoms.